The van der Waals surface area contributed by atoms with Crippen molar-refractivity contribution < 1.29 is 27.9 Å². The molecular weight excluding hydrogens is 410 g/mol. The highest BCUT2D eigenvalue weighted by Crippen LogP contribution is 2.17. The maximum absolute atomic E-state index is 12.6. The van der Waals surface area contributed by atoms with Crippen LogP contribution in [0.1, 0.15) is 29.8 Å². The van der Waals surface area contributed by atoms with Crippen LogP contribution in [0, 0.1) is 0 Å². The summed E-state index contributed by atoms with van der Waals surface area (Å²) in [5.74, 6) is -1.41. The second kappa shape index (κ2) is 10.5. The number of hydrogen-bond donors (Lipinski definition) is 2. The van der Waals surface area contributed by atoms with Gasteiger partial charge in [0.25, 0.3) is 5.91 Å². The number of sulfonamides is 1. The van der Waals surface area contributed by atoms with Crippen LogP contribution in [0.2, 0.25) is 0 Å². The van der Waals surface area contributed by atoms with Gasteiger partial charge in [0, 0.05) is 24.2 Å². The van der Waals surface area contributed by atoms with E-state index in [-0.39, 0.29) is 10.5 Å². The van der Waals surface area contributed by atoms with Gasteiger partial charge in [0.2, 0.25) is 10.0 Å². The summed E-state index contributed by atoms with van der Waals surface area (Å²) in [6.07, 6.45) is 1.31. The molecule has 2 aromatic carbocycles. The van der Waals surface area contributed by atoms with Crippen molar-refractivity contribution in [2.75, 3.05) is 19.7 Å². The Morgan fingerprint density at radius 1 is 1.13 bits per heavy atom. The number of hydrazone groups is 1. The Morgan fingerprint density at radius 2 is 1.83 bits per heavy atom. The van der Waals surface area contributed by atoms with Crippen LogP contribution in [-0.2, 0) is 14.8 Å². The summed E-state index contributed by atoms with van der Waals surface area (Å²) in [5, 5.41) is 12.6. The van der Waals surface area contributed by atoms with Crippen molar-refractivity contribution in [3.63, 3.8) is 0 Å². The fourth-order valence-electron chi connectivity index (χ4n) is 2.59. The van der Waals surface area contributed by atoms with E-state index in [0.717, 1.165) is 0 Å². The molecule has 10 heteroatoms. The van der Waals surface area contributed by atoms with E-state index in [1.807, 2.05) is 0 Å². The molecule has 1 amide bonds. The van der Waals surface area contributed by atoms with E-state index in [1.165, 1.54) is 34.8 Å². The number of ether oxygens (including phenoxy) is 1. The highest BCUT2D eigenvalue weighted by atomic mass is 32.2. The highest BCUT2D eigenvalue weighted by molar-refractivity contribution is 7.89. The Labute approximate surface area is 175 Å². The van der Waals surface area contributed by atoms with Crippen LogP contribution >= 0.6 is 0 Å². The maximum atomic E-state index is 12.6. The molecular formula is C20H23N3O6S. The molecule has 2 N–H and O–H groups in total. The van der Waals surface area contributed by atoms with Crippen LogP contribution in [0.25, 0.3) is 0 Å². The number of aliphatic carboxylic acids is 1. The highest BCUT2D eigenvalue weighted by Gasteiger charge is 2.22. The number of para-hydroxylation sites is 1. The molecule has 0 radical (unpaired) electrons. The number of carboxylic acids is 1. The van der Waals surface area contributed by atoms with Gasteiger partial charge in [-0.2, -0.15) is 9.41 Å². The predicted octanol–water partition coefficient (Wildman–Crippen LogP) is 1.94. The van der Waals surface area contributed by atoms with Gasteiger partial charge >= 0.3 is 5.97 Å². The van der Waals surface area contributed by atoms with Crippen LogP contribution in [0.4, 0.5) is 0 Å². The number of benzene rings is 2. The molecule has 0 aromatic heterocycles. The molecule has 0 saturated heterocycles. The molecule has 0 bridgehead atoms. The maximum Gasteiger partial charge on any atom is 0.341 e. The first kappa shape index (κ1) is 23.0. The Morgan fingerprint density at radius 3 is 2.50 bits per heavy atom. The smallest absolute Gasteiger partial charge is 0.341 e. The number of amides is 1. The van der Waals surface area contributed by atoms with E-state index >= 15 is 0 Å². The Balaban J connectivity index is 2.14. The zero-order valence-electron chi connectivity index (χ0n) is 16.6. The Bertz CT molecular complexity index is 1030. The molecule has 160 valence electrons. The van der Waals surface area contributed by atoms with E-state index < -0.39 is 28.5 Å². The largest absolute Gasteiger partial charge is 0.481 e. The summed E-state index contributed by atoms with van der Waals surface area (Å²) < 4.78 is 31.7. The summed E-state index contributed by atoms with van der Waals surface area (Å²) in [5.41, 5.74) is 2.93. The lowest BCUT2D eigenvalue weighted by atomic mass is 10.2. The topological polar surface area (TPSA) is 125 Å². The SMILES string of the molecule is CCN(CC)S(=O)(=O)c1cccc(C(=O)N/N=C\c2ccccc2OCC(=O)O)c1. The number of nitrogens with one attached hydrogen (secondary N) is 1. The van der Waals surface area contributed by atoms with Gasteiger partial charge in [-0.25, -0.2) is 18.6 Å². The van der Waals surface area contributed by atoms with Crippen LogP contribution < -0.4 is 10.2 Å². The lowest BCUT2D eigenvalue weighted by Gasteiger charge is -2.18. The summed E-state index contributed by atoms with van der Waals surface area (Å²) in [7, 11) is -3.69. The van der Waals surface area contributed by atoms with Gasteiger partial charge in [0.1, 0.15) is 5.75 Å². The molecule has 2 aromatic rings. The summed E-state index contributed by atoms with van der Waals surface area (Å²) in [6, 6.07) is 12.3. The molecule has 0 unspecified atom stereocenters. The van der Waals surface area contributed by atoms with Gasteiger partial charge in [0.05, 0.1) is 11.1 Å². The normalized spacial score (nSPS) is 11.6. The van der Waals surface area contributed by atoms with Crippen LogP contribution in [0.5, 0.6) is 5.75 Å². The zero-order valence-corrected chi connectivity index (χ0v) is 17.4. The van der Waals surface area contributed by atoms with Gasteiger partial charge in [-0.05, 0) is 30.3 Å². The minimum atomic E-state index is -3.69. The van der Waals surface area contributed by atoms with E-state index in [0.29, 0.717) is 24.4 Å². The first-order chi connectivity index (χ1) is 14.3. The summed E-state index contributed by atoms with van der Waals surface area (Å²) >= 11 is 0. The van der Waals surface area contributed by atoms with Crippen molar-refractivity contribution in [3.8, 4) is 5.75 Å². The first-order valence-corrected chi connectivity index (χ1v) is 10.6. The average molecular weight is 433 g/mol. The van der Waals surface area contributed by atoms with Gasteiger partial charge in [0.15, 0.2) is 6.61 Å². The first-order valence-electron chi connectivity index (χ1n) is 9.16. The van der Waals surface area contributed by atoms with Crippen molar-refractivity contribution >= 4 is 28.1 Å². The fraction of sp³-hybridized carbons (Fsp3) is 0.250. The molecule has 0 heterocycles. The number of hydrogen-bond acceptors (Lipinski definition) is 6. The van der Waals surface area contributed by atoms with Crippen LogP contribution in [-0.4, -0.2) is 55.6 Å². The molecule has 0 aliphatic carbocycles. The van der Waals surface area contributed by atoms with E-state index in [9.17, 15) is 18.0 Å². The van der Waals surface area contributed by atoms with Crippen LogP contribution in [0.15, 0.2) is 58.5 Å². The molecule has 0 fully saturated rings. The van der Waals surface area contributed by atoms with E-state index in [4.69, 9.17) is 9.84 Å². The van der Waals surface area contributed by atoms with E-state index in [2.05, 4.69) is 10.5 Å². The van der Waals surface area contributed by atoms with Crippen molar-refractivity contribution in [3.05, 3.63) is 59.7 Å². The Kier molecular flexibility index (Phi) is 8.07. The second-order valence-corrected chi connectivity index (χ2v) is 7.97. The second-order valence-electron chi connectivity index (χ2n) is 6.04. The zero-order chi connectivity index (χ0) is 22.1. The predicted molar refractivity (Wildman–Crippen MR) is 111 cm³/mol. The average Bonchev–Trinajstić information content (AvgIpc) is 2.73. The minimum absolute atomic E-state index is 0.0234. The number of carbonyl (C=O) groups excluding carboxylic acids is 1. The quantitative estimate of drug-likeness (QED) is 0.436. The third-order valence-electron chi connectivity index (χ3n) is 4.08. The lowest BCUT2D eigenvalue weighted by molar-refractivity contribution is -0.139. The molecule has 0 aliphatic rings. The van der Waals surface area contributed by atoms with Gasteiger partial charge in [-0.1, -0.05) is 32.0 Å². The molecule has 0 aliphatic heterocycles. The van der Waals surface area contributed by atoms with Gasteiger partial charge in [-0.15, -0.1) is 0 Å². The summed E-state index contributed by atoms with van der Waals surface area (Å²) in [6.45, 7) is 3.62. The van der Waals surface area contributed by atoms with Crippen molar-refractivity contribution in [1.82, 2.24) is 9.73 Å². The standard InChI is InChI=1S/C20H23N3O6S/c1-3-23(4-2)30(27,28)17-10-7-9-15(12-17)20(26)22-21-13-16-8-5-6-11-18(16)29-14-19(24)25/h5-13H,3-4,14H2,1-2H3,(H,22,26)(H,24,25)/b21-13-. The number of carboxylic acid groups (broad SMARTS) is 1. The van der Waals surface area contributed by atoms with Gasteiger partial charge in [-0.3, -0.25) is 4.79 Å². The van der Waals surface area contributed by atoms with E-state index in [1.54, 1.807) is 38.1 Å². The molecule has 2 rings (SSSR count). The lowest BCUT2D eigenvalue weighted by Crippen LogP contribution is -2.30. The molecule has 0 saturated carbocycles. The molecule has 9 nitrogen and oxygen atoms in total. The number of carbonyl (C=O) groups is 2. The number of nitrogens with zero attached hydrogens (tertiary/aromatic N) is 2. The minimum Gasteiger partial charge on any atom is -0.481 e. The third kappa shape index (κ3) is 5.88. The monoisotopic (exact) mass is 433 g/mol. The van der Waals surface area contributed by atoms with Gasteiger partial charge < -0.3 is 9.84 Å². The Hall–Kier alpha value is -3.24. The van der Waals surface area contributed by atoms with Crippen molar-refractivity contribution in [1.29, 1.82) is 0 Å². The molecule has 0 atom stereocenters. The van der Waals surface area contributed by atoms with Crippen molar-refractivity contribution in [2.45, 2.75) is 18.7 Å². The van der Waals surface area contributed by atoms with Crippen molar-refractivity contribution in [2.24, 2.45) is 5.10 Å². The summed E-state index contributed by atoms with van der Waals surface area (Å²) in [4.78, 5) is 23.1. The third-order valence-corrected chi connectivity index (χ3v) is 6.13. The van der Waals surface area contributed by atoms with Crippen LogP contribution in [0.3, 0.4) is 0 Å². The molecule has 0 spiro atoms. The molecule has 30 heavy (non-hydrogen) atoms. The fourth-order valence-corrected chi connectivity index (χ4v) is 4.10. The number of rotatable bonds is 10.